The van der Waals surface area contributed by atoms with Crippen molar-refractivity contribution in [3.63, 3.8) is 0 Å². The van der Waals surface area contributed by atoms with E-state index in [9.17, 15) is 9.59 Å². The van der Waals surface area contributed by atoms with Crippen LogP contribution in [-0.4, -0.2) is 26.0 Å². The minimum atomic E-state index is -0.360. The molecule has 2 amide bonds. The average molecular weight is 389 g/mol. The summed E-state index contributed by atoms with van der Waals surface area (Å²) < 4.78 is 10.4. The number of aryl methyl sites for hydroxylation is 1. The highest BCUT2D eigenvalue weighted by molar-refractivity contribution is 6.32. The van der Waals surface area contributed by atoms with E-state index in [1.54, 1.807) is 31.4 Å². The lowest BCUT2D eigenvalue weighted by Crippen LogP contribution is -2.20. The fourth-order valence-corrected chi connectivity index (χ4v) is 3.16. The highest BCUT2D eigenvalue weighted by Crippen LogP contribution is 2.41. The molecule has 1 fully saturated rings. The lowest BCUT2D eigenvalue weighted by molar-refractivity contribution is -0.122. The molecule has 2 N–H and O–H groups in total. The molecule has 0 aliphatic heterocycles. The summed E-state index contributed by atoms with van der Waals surface area (Å²) in [5, 5.41) is 6.06. The van der Waals surface area contributed by atoms with Crippen molar-refractivity contribution in [1.29, 1.82) is 0 Å². The van der Waals surface area contributed by atoms with Crippen LogP contribution in [0.2, 0.25) is 5.02 Å². The summed E-state index contributed by atoms with van der Waals surface area (Å²) in [6.45, 7) is 1.93. The number of nitrogens with one attached hydrogen (secondary N) is 2. The number of ether oxygens (including phenoxy) is 2. The molecule has 0 bridgehead atoms. The van der Waals surface area contributed by atoms with Crippen LogP contribution in [0, 0.1) is 18.8 Å². The van der Waals surface area contributed by atoms with Crippen LogP contribution in [0.25, 0.3) is 0 Å². The Hall–Kier alpha value is -2.73. The normalized spacial score (nSPS) is 17.8. The first-order valence-corrected chi connectivity index (χ1v) is 8.90. The molecule has 2 aromatic rings. The molecule has 142 valence electrons. The number of halogens is 1. The molecule has 0 radical (unpaired) electrons. The zero-order valence-electron chi connectivity index (χ0n) is 15.3. The van der Waals surface area contributed by atoms with E-state index in [1.165, 1.54) is 7.11 Å². The van der Waals surface area contributed by atoms with Crippen LogP contribution in [0.15, 0.2) is 36.4 Å². The molecule has 3 rings (SSSR count). The summed E-state index contributed by atoms with van der Waals surface area (Å²) in [6, 6.07) is 10.6. The molecule has 27 heavy (non-hydrogen) atoms. The Bertz CT molecular complexity index is 884. The van der Waals surface area contributed by atoms with E-state index >= 15 is 0 Å². The summed E-state index contributed by atoms with van der Waals surface area (Å²) >= 11 is 6.07. The maximum absolute atomic E-state index is 12.5. The van der Waals surface area contributed by atoms with E-state index in [2.05, 4.69) is 10.6 Å². The first-order chi connectivity index (χ1) is 12.9. The standard InChI is InChI=1S/C20H21ClN2O4/c1-11-4-6-18(27-3)16(8-11)23-20(25)14-10-13(14)19(24)22-12-5-7-17(26-2)15(21)9-12/h4-9,13-14H,10H2,1-3H3,(H,22,24)(H,23,25). The molecule has 0 spiro atoms. The van der Waals surface area contributed by atoms with Gasteiger partial charge in [-0.05, 0) is 49.2 Å². The van der Waals surface area contributed by atoms with Gasteiger partial charge in [0.15, 0.2) is 0 Å². The molecule has 1 aliphatic carbocycles. The van der Waals surface area contributed by atoms with Crippen molar-refractivity contribution in [3.05, 3.63) is 47.0 Å². The van der Waals surface area contributed by atoms with Crippen molar-refractivity contribution in [2.45, 2.75) is 13.3 Å². The predicted octanol–water partition coefficient (Wildman–Crippen LogP) is 3.88. The molecule has 0 saturated heterocycles. The van der Waals surface area contributed by atoms with Gasteiger partial charge in [0.05, 0.1) is 36.8 Å². The molecule has 1 aliphatic rings. The van der Waals surface area contributed by atoms with E-state index in [0.29, 0.717) is 34.3 Å². The number of hydrogen-bond acceptors (Lipinski definition) is 4. The molecule has 7 heteroatoms. The summed E-state index contributed by atoms with van der Waals surface area (Å²) in [6.07, 6.45) is 0.510. The van der Waals surface area contributed by atoms with Gasteiger partial charge >= 0.3 is 0 Å². The van der Waals surface area contributed by atoms with E-state index in [-0.39, 0.29) is 23.7 Å². The number of benzene rings is 2. The Kier molecular flexibility index (Phi) is 5.56. The van der Waals surface area contributed by atoms with Crippen LogP contribution in [0.5, 0.6) is 11.5 Å². The van der Waals surface area contributed by atoms with Gasteiger partial charge in [-0.25, -0.2) is 0 Å². The van der Waals surface area contributed by atoms with Crippen LogP contribution < -0.4 is 20.1 Å². The molecule has 0 heterocycles. The van der Waals surface area contributed by atoms with E-state index in [1.807, 2.05) is 19.1 Å². The first kappa shape index (κ1) is 19.0. The number of anilines is 2. The number of carbonyl (C=O) groups excluding carboxylic acids is 2. The molecule has 1 saturated carbocycles. The quantitative estimate of drug-likeness (QED) is 0.787. The third-order valence-corrected chi connectivity index (χ3v) is 4.79. The van der Waals surface area contributed by atoms with E-state index in [0.717, 1.165) is 5.56 Å². The predicted molar refractivity (Wildman–Crippen MR) is 105 cm³/mol. The van der Waals surface area contributed by atoms with Gasteiger partial charge in [0.2, 0.25) is 11.8 Å². The van der Waals surface area contributed by atoms with Gasteiger partial charge in [-0.2, -0.15) is 0 Å². The zero-order chi connectivity index (χ0) is 19.6. The zero-order valence-corrected chi connectivity index (χ0v) is 16.1. The van der Waals surface area contributed by atoms with E-state index < -0.39 is 0 Å². The van der Waals surface area contributed by atoms with Crippen molar-refractivity contribution in [3.8, 4) is 11.5 Å². The highest BCUT2D eigenvalue weighted by Gasteiger charge is 2.48. The SMILES string of the molecule is COc1ccc(NC(=O)C2CC2C(=O)Nc2cc(C)ccc2OC)cc1Cl. The number of carbonyl (C=O) groups is 2. The maximum atomic E-state index is 12.5. The Balaban J connectivity index is 1.60. The number of rotatable bonds is 6. The molecule has 2 unspecified atom stereocenters. The topological polar surface area (TPSA) is 76.7 Å². The Morgan fingerprint density at radius 2 is 1.59 bits per heavy atom. The largest absolute Gasteiger partial charge is 0.495 e. The number of amides is 2. The monoisotopic (exact) mass is 388 g/mol. The summed E-state index contributed by atoms with van der Waals surface area (Å²) in [4.78, 5) is 24.9. The minimum Gasteiger partial charge on any atom is -0.495 e. The number of hydrogen-bond donors (Lipinski definition) is 2. The Morgan fingerprint density at radius 1 is 0.963 bits per heavy atom. The van der Waals surface area contributed by atoms with Crippen molar-refractivity contribution < 1.29 is 19.1 Å². The van der Waals surface area contributed by atoms with Gasteiger partial charge in [-0.3, -0.25) is 9.59 Å². The molecular formula is C20H21ClN2O4. The molecule has 6 nitrogen and oxygen atoms in total. The van der Waals surface area contributed by atoms with Gasteiger partial charge in [0, 0.05) is 5.69 Å². The average Bonchev–Trinajstić information content (AvgIpc) is 3.43. The second kappa shape index (κ2) is 7.88. The van der Waals surface area contributed by atoms with Crippen LogP contribution in [0.3, 0.4) is 0 Å². The molecule has 2 aromatic carbocycles. The van der Waals surface area contributed by atoms with Crippen molar-refractivity contribution in [1.82, 2.24) is 0 Å². The van der Waals surface area contributed by atoms with Gasteiger partial charge in [0.25, 0.3) is 0 Å². The Morgan fingerprint density at radius 3 is 2.22 bits per heavy atom. The number of methoxy groups -OCH3 is 2. The first-order valence-electron chi connectivity index (χ1n) is 8.53. The summed E-state index contributed by atoms with van der Waals surface area (Å²) in [5.74, 6) is 0.0129. The van der Waals surface area contributed by atoms with Crippen LogP contribution in [-0.2, 0) is 9.59 Å². The second-order valence-corrected chi connectivity index (χ2v) is 6.89. The third-order valence-electron chi connectivity index (χ3n) is 4.50. The third kappa shape index (κ3) is 4.34. The summed E-state index contributed by atoms with van der Waals surface area (Å²) in [7, 11) is 3.07. The van der Waals surface area contributed by atoms with Crippen molar-refractivity contribution in [2.24, 2.45) is 11.8 Å². The van der Waals surface area contributed by atoms with Gasteiger partial charge in [-0.15, -0.1) is 0 Å². The lowest BCUT2D eigenvalue weighted by Gasteiger charge is -2.11. The molecule has 2 atom stereocenters. The Labute approximate surface area is 162 Å². The maximum Gasteiger partial charge on any atom is 0.228 e. The van der Waals surface area contributed by atoms with Crippen LogP contribution in [0.1, 0.15) is 12.0 Å². The van der Waals surface area contributed by atoms with Crippen LogP contribution >= 0.6 is 11.6 Å². The van der Waals surface area contributed by atoms with Crippen molar-refractivity contribution in [2.75, 3.05) is 24.9 Å². The second-order valence-electron chi connectivity index (χ2n) is 6.48. The minimum absolute atomic E-state index is 0.188. The van der Waals surface area contributed by atoms with Gasteiger partial charge < -0.3 is 20.1 Å². The van der Waals surface area contributed by atoms with Crippen molar-refractivity contribution >= 4 is 34.8 Å². The van der Waals surface area contributed by atoms with E-state index in [4.69, 9.17) is 21.1 Å². The lowest BCUT2D eigenvalue weighted by atomic mass is 10.2. The fourth-order valence-electron chi connectivity index (χ4n) is 2.90. The van der Waals surface area contributed by atoms with Gasteiger partial charge in [-0.1, -0.05) is 17.7 Å². The van der Waals surface area contributed by atoms with Crippen LogP contribution in [0.4, 0.5) is 11.4 Å². The van der Waals surface area contributed by atoms with Gasteiger partial charge in [0.1, 0.15) is 11.5 Å². The smallest absolute Gasteiger partial charge is 0.228 e. The molecular weight excluding hydrogens is 368 g/mol. The molecule has 0 aromatic heterocycles. The summed E-state index contributed by atoms with van der Waals surface area (Å²) in [5.41, 5.74) is 2.18. The highest BCUT2D eigenvalue weighted by atomic mass is 35.5. The fraction of sp³-hybridized carbons (Fsp3) is 0.300.